The van der Waals surface area contributed by atoms with E-state index in [0.717, 1.165) is 5.69 Å². The fourth-order valence-corrected chi connectivity index (χ4v) is 3.49. The molecule has 2 rings (SSSR count). The quantitative estimate of drug-likeness (QED) is 0.574. The smallest absolute Gasteiger partial charge is 0.0638 e. The van der Waals surface area contributed by atoms with Crippen LogP contribution in [0.2, 0.25) is 0 Å². The van der Waals surface area contributed by atoms with Gasteiger partial charge in [0.05, 0.1) is 4.21 Å². The minimum Gasteiger partial charge on any atom is -0.398 e. The fraction of sp³-hybridized carbons (Fsp3) is 0.200. The third kappa shape index (κ3) is 1.32. The monoisotopic (exact) mass is 209 g/mol. The Bertz CT molecular complexity index is 445. The van der Waals surface area contributed by atoms with Gasteiger partial charge in [0.1, 0.15) is 0 Å². The number of anilines is 1. The van der Waals surface area contributed by atoms with Gasteiger partial charge in [-0.3, -0.25) is 0 Å². The Kier molecular flexibility index (Phi) is 2.22. The van der Waals surface area contributed by atoms with Crippen LogP contribution in [-0.2, 0) is 0 Å². The zero-order valence-corrected chi connectivity index (χ0v) is 9.26. The van der Waals surface area contributed by atoms with Gasteiger partial charge in [-0.15, -0.1) is 23.1 Å². The van der Waals surface area contributed by atoms with Crippen LogP contribution < -0.4 is 5.73 Å². The Morgan fingerprint density at radius 2 is 2.15 bits per heavy atom. The second kappa shape index (κ2) is 3.24. The number of aryl methyl sites for hydroxylation is 1. The number of fused-ring (bicyclic) bond motifs is 1. The molecule has 13 heavy (non-hydrogen) atoms. The summed E-state index contributed by atoms with van der Waals surface area (Å²) in [6.07, 6.45) is 2.11. The van der Waals surface area contributed by atoms with Crippen LogP contribution in [0.15, 0.2) is 22.4 Å². The Balaban J connectivity index is 2.85. The van der Waals surface area contributed by atoms with Gasteiger partial charge >= 0.3 is 0 Å². The maximum absolute atomic E-state index is 5.92. The Morgan fingerprint density at radius 1 is 1.38 bits per heavy atom. The van der Waals surface area contributed by atoms with Crippen LogP contribution >= 0.6 is 23.1 Å². The molecular formula is C10H11NS2. The van der Waals surface area contributed by atoms with Gasteiger partial charge in [0.2, 0.25) is 0 Å². The molecule has 0 saturated heterocycles. The summed E-state index contributed by atoms with van der Waals surface area (Å²) in [5.74, 6) is 0. The van der Waals surface area contributed by atoms with Gasteiger partial charge in [-0.1, -0.05) is 6.07 Å². The van der Waals surface area contributed by atoms with Crippen molar-refractivity contribution in [3.63, 3.8) is 0 Å². The average Bonchev–Trinajstić information content (AvgIpc) is 2.44. The largest absolute Gasteiger partial charge is 0.398 e. The topological polar surface area (TPSA) is 26.0 Å². The molecule has 1 nitrogen and oxygen atoms in total. The van der Waals surface area contributed by atoms with E-state index in [9.17, 15) is 0 Å². The van der Waals surface area contributed by atoms with Crippen LogP contribution in [0.25, 0.3) is 10.1 Å². The van der Waals surface area contributed by atoms with Crippen molar-refractivity contribution in [2.75, 3.05) is 12.0 Å². The molecule has 2 N–H and O–H groups in total. The lowest BCUT2D eigenvalue weighted by molar-refractivity contribution is 1.47. The Labute approximate surface area is 85.9 Å². The summed E-state index contributed by atoms with van der Waals surface area (Å²) in [5.41, 5.74) is 8.14. The fourth-order valence-electron chi connectivity index (χ4n) is 1.51. The number of hydrogen-bond donors (Lipinski definition) is 1. The zero-order valence-electron chi connectivity index (χ0n) is 7.63. The number of rotatable bonds is 1. The van der Waals surface area contributed by atoms with Gasteiger partial charge in [-0.05, 0) is 30.9 Å². The second-order valence-electron chi connectivity index (χ2n) is 2.94. The SMILES string of the molecule is CSc1sc2cccc(N)c2c1C. The molecule has 0 fully saturated rings. The maximum Gasteiger partial charge on any atom is 0.0638 e. The molecular weight excluding hydrogens is 198 g/mol. The molecule has 0 aliphatic rings. The molecule has 0 aliphatic carbocycles. The highest BCUT2D eigenvalue weighted by Gasteiger charge is 2.08. The highest BCUT2D eigenvalue weighted by Crippen LogP contribution is 2.38. The molecule has 0 aliphatic heterocycles. The highest BCUT2D eigenvalue weighted by atomic mass is 32.2. The molecule has 0 unspecified atom stereocenters. The number of hydrogen-bond acceptors (Lipinski definition) is 3. The van der Waals surface area contributed by atoms with E-state index >= 15 is 0 Å². The van der Waals surface area contributed by atoms with Crippen molar-refractivity contribution in [1.29, 1.82) is 0 Å². The second-order valence-corrected chi connectivity index (χ2v) is 5.07. The number of benzene rings is 1. The van der Waals surface area contributed by atoms with E-state index < -0.39 is 0 Å². The van der Waals surface area contributed by atoms with Crippen LogP contribution in [0.1, 0.15) is 5.56 Å². The summed E-state index contributed by atoms with van der Waals surface area (Å²) in [7, 11) is 0. The molecule has 0 radical (unpaired) electrons. The van der Waals surface area contributed by atoms with E-state index in [1.807, 2.05) is 23.5 Å². The molecule has 68 valence electrons. The van der Waals surface area contributed by atoms with E-state index in [0.29, 0.717) is 0 Å². The van der Waals surface area contributed by atoms with Crippen molar-refractivity contribution >= 4 is 38.9 Å². The minimum atomic E-state index is 0.895. The summed E-state index contributed by atoms with van der Waals surface area (Å²) >= 11 is 3.61. The molecule has 0 saturated carbocycles. The molecule has 0 amide bonds. The van der Waals surface area contributed by atoms with Crippen molar-refractivity contribution in [2.45, 2.75) is 11.1 Å². The van der Waals surface area contributed by atoms with Gasteiger partial charge in [-0.25, -0.2) is 0 Å². The zero-order chi connectivity index (χ0) is 9.42. The molecule has 0 bridgehead atoms. The first-order valence-electron chi connectivity index (χ1n) is 4.05. The van der Waals surface area contributed by atoms with Crippen molar-refractivity contribution in [1.82, 2.24) is 0 Å². The van der Waals surface area contributed by atoms with E-state index in [1.54, 1.807) is 11.8 Å². The number of nitrogen functional groups attached to an aromatic ring is 1. The number of thiophene rings is 1. The summed E-state index contributed by atoms with van der Waals surface area (Å²) in [6.45, 7) is 2.14. The summed E-state index contributed by atoms with van der Waals surface area (Å²) in [4.78, 5) is 0. The molecule has 0 spiro atoms. The summed E-state index contributed by atoms with van der Waals surface area (Å²) in [5, 5.41) is 1.23. The predicted octanol–water partition coefficient (Wildman–Crippen LogP) is 3.51. The first kappa shape index (κ1) is 8.91. The Hall–Kier alpha value is -0.670. The first-order chi connectivity index (χ1) is 6.24. The predicted molar refractivity (Wildman–Crippen MR) is 62.8 cm³/mol. The lowest BCUT2D eigenvalue weighted by atomic mass is 10.1. The van der Waals surface area contributed by atoms with E-state index in [1.165, 1.54) is 19.9 Å². The molecule has 2 aromatic rings. The Morgan fingerprint density at radius 3 is 2.77 bits per heavy atom. The summed E-state index contributed by atoms with van der Waals surface area (Å²) < 4.78 is 2.66. The van der Waals surface area contributed by atoms with E-state index in [4.69, 9.17) is 5.73 Å². The average molecular weight is 209 g/mol. The normalized spacial score (nSPS) is 10.9. The van der Waals surface area contributed by atoms with Crippen LogP contribution in [0.4, 0.5) is 5.69 Å². The lowest BCUT2D eigenvalue weighted by Crippen LogP contribution is -1.84. The highest BCUT2D eigenvalue weighted by molar-refractivity contribution is 8.00. The van der Waals surface area contributed by atoms with Gasteiger partial charge in [0.25, 0.3) is 0 Å². The van der Waals surface area contributed by atoms with Crippen molar-refractivity contribution in [3.8, 4) is 0 Å². The van der Waals surface area contributed by atoms with Gasteiger partial charge in [0, 0.05) is 15.8 Å². The van der Waals surface area contributed by atoms with E-state index in [-0.39, 0.29) is 0 Å². The molecule has 1 aromatic heterocycles. The van der Waals surface area contributed by atoms with Crippen LogP contribution in [-0.4, -0.2) is 6.26 Å². The van der Waals surface area contributed by atoms with Gasteiger partial charge in [0.15, 0.2) is 0 Å². The van der Waals surface area contributed by atoms with Crippen molar-refractivity contribution < 1.29 is 0 Å². The van der Waals surface area contributed by atoms with E-state index in [2.05, 4.69) is 19.2 Å². The maximum atomic E-state index is 5.92. The van der Waals surface area contributed by atoms with Crippen LogP contribution in [0.5, 0.6) is 0 Å². The third-order valence-corrected chi connectivity index (χ3v) is 4.61. The molecule has 1 aromatic carbocycles. The third-order valence-electron chi connectivity index (χ3n) is 2.13. The van der Waals surface area contributed by atoms with Gasteiger partial charge in [-0.2, -0.15) is 0 Å². The minimum absolute atomic E-state index is 0.895. The number of thioether (sulfide) groups is 1. The number of nitrogens with two attached hydrogens (primary N) is 1. The van der Waals surface area contributed by atoms with Crippen molar-refractivity contribution in [2.24, 2.45) is 0 Å². The van der Waals surface area contributed by atoms with Crippen LogP contribution in [0, 0.1) is 6.92 Å². The standard InChI is InChI=1S/C10H11NS2/c1-6-9-7(11)4-3-5-8(9)13-10(6)12-2/h3-5H,11H2,1-2H3. The van der Waals surface area contributed by atoms with Crippen molar-refractivity contribution in [3.05, 3.63) is 23.8 Å². The molecule has 0 atom stereocenters. The van der Waals surface area contributed by atoms with Crippen LogP contribution in [0.3, 0.4) is 0 Å². The van der Waals surface area contributed by atoms with Gasteiger partial charge < -0.3 is 5.73 Å². The lowest BCUT2D eigenvalue weighted by Gasteiger charge is -1.96. The first-order valence-corrected chi connectivity index (χ1v) is 6.09. The molecule has 3 heteroatoms. The summed E-state index contributed by atoms with van der Waals surface area (Å²) in [6, 6.07) is 6.10. The molecule has 1 heterocycles.